The number of primary amides is 1. The lowest BCUT2D eigenvalue weighted by Crippen LogP contribution is -2.40. The van der Waals surface area contributed by atoms with Crippen LogP contribution in [0.2, 0.25) is 0 Å². The average Bonchev–Trinajstić information content (AvgIpc) is 2.29. The minimum absolute atomic E-state index is 0.000787. The minimum Gasteiger partial charge on any atom is -0.480 e. The highest BCUT2D eigenvalue weighted by Gasteiger charge is 2.19. The molecule has 0 fully saturated rings. The molecular weight excluding hydrogens is 236 g/mol. The molecule has 102 valence electrons. The highest BCUT2D eigenvalue weighted by Crippen LogP contribution is 1.99. The first-order chi connectivity index (χ1) is 8.47. The van der Waals surface area contributed by atoms with Gasteiger partial charge in [-0.2, -0.15) is 0 Å². The number of nitrogens with two attached hydrogens (primary N) is 1. The summed E-state index contributed by atoms with van der Waals surface area (Å²) < 4.78 is 0. The molecule has 2 amide bonds. The number of unbranched alkanes of at least 4 members (excludes halogenated alkanes) is 2. The number of carboxylic acids is 1. The lowest BCUT2D eigenvalue weighted by Gasteiger charge is -2.11. The summed E-state index contributed by atoms with van der Waals surface area (Å²) in [4.78, 5) is 32.8. The van der Waals surface area contributed by atoms with Crippen LogP contribution in [-0.2, 0) is 14.4 Å². The quantitative estimate of drug-likeness (QED) is 0.413. The van der Waals surface area contributed by atoms with Crippen molar-refractivity contribution in [2.75, 3.05) is 0 Å². The standard InChI is InChI=1S/C12H20N2O4/c1-2-3-4-5-6-11(16)14-9(12(17)18)7-8-10(13)15/h5-6,9H,2-4,7-8H2,1H3,(H2,13,15)(H,14,16)(H,17,18)/b6-5+. The van der Waals surface area contributed by atoms with Crippen molar-refractivity contribution in [3.63, 3.8) is 0 Å². The number of hydrogen-bond donors (Lipinski definition) is 3. The molecule has 0 aromatic carbocycles. The summed E-state index contributed by atoms with van der Waals surface area (Å²) in [7, 11) is 0. The Balaban J connectivity index is 4.15. The maximum absolute atomic E-state index is 11.4. The van der Waals surface area contributed by atoms with E-state index >= 15 is 0 Å². The van der Waals surface area contributed by atoms with E-state index in [1.807, 2.05) is 6.92 Å². The van der Waals surface area contributed by atoms with Gasteiger partial charge < -0.3 is 16.2 Å². The van der Waals surface area contributed by atoms with E-state index in [4.69, 9.17) is 10.8 Å². The summed E-state index contributed by atoms with van der Waals surface area (Å²) in [6.45, 7) is 2.04. The zero-order valence-electron chi connectivity index (χ0n) is 10.5. The molecule has 0 saturated heterocycles. The van der Waals surface area contributed by atoms with Crippen molar-refractivity contribution in [2.24, 2.45) is 5.73 Å². The van der Waals surface area contributed by atoms with Gasteiger partial charge in [0.25, 0.3) is 0 Å². The van der Waals surface area contributed by atoms with Crippen LogP contribution in [0, 0.1) is 0 Å². The molecule has 0 radical (unpaired) electrons. The van der Waals surface area contributed by atoms with Gasteiger partial charge >= 0.3 is 5.97 Å². The van der Waals surface area contributed by atoms with Gasteiger partial charge in [-0.05, 0) is 18.9 Å². The summed E-state index contributed by atoms with van der Waals surface area (Å²) in [5.41, 5.74) is 4.93. The fourth-order valence-electron chi connectivity index (χ4n) is 1.28. The van der Waals surface area contributed by atoms with Crippen molar-refractivity contribution < 1.29 is 19.5 Å². The maximum Gasteiger partial charge on any atom is 0.326 e. The van der Waals surface area contributed by atoms with Crippen LogP contribution in [0.15, 0.2) is 12.2 Å². The van der Waals surface area contributed by atoms with Crippen LogP contribution in [-0.4, -0.2) is 28.9 Å². The molecule has 0 bridgehead atoms. The number of carbonyl (C=O) groups is 3. The van der Waals surface area contributed by atoms with Gasteiger partial charge in [-0.3, -0.25) is 9.59 Å². The summed E-state index contributed by atoms with van der Waals surface area (Å²) >= 11 is 0. The zero-order chi connectivity index (χ0) is 14.0. The molecule has 18 heavy (non-hydrogen) atoms. The third kappa shape index (κ3) is 8.32. The lowest BCUT2D eigenvalue weighted by atomic mass is 10.1. The monoisotopic (exact) mass is 256 g/mol. The Labute approximate surface area is 106 Å². The van der Waals surface area contributed by atoms with Gasteiger partial charge in [0.05, 0.1) is 0 Å². The van der Waals surface area contributed by atoms with Crippen LogP contribution in [0.3, 0.4) is 0 Å². The second kappa shape index (κ2) is 9.21. The van der Waals surface area contributed by atoms with Crippen LogP contribution >= 0.6 is 0 Å². The second-order valence-electron chi connectivity index (χ2n) is 3.95. The van der Waals surface area contributed by atoms with Crippen molar-refractivity contribution in [1.82, 2.24) is 5.32 Å². The van der Waals surface area contributed by atoms with Crippen molar-refractivity contribution >= 4 is 17.8 Å². The number of hydrogen-bond acceptors (Lipinski definition) is 3. The highest BCUT2D eigenvalue weighted by atomic mass is 16.4. The van der Waals surface area contributed by atoms with E-state index < -0.39 is 23.8 Å². The molecule has 6 nitrogen and oxygen atoms in total. The summed E-state index contributed by atoms with van der Waals surface area (Å²) in [5.74, 6) is -2.23. The van der Waals surface area contributed by atoms with E-state index in [1.54, 1.807) is 6.08 Å². The number of carboxylic acid groups (broad SMARTS) is 1. The zero-order valence-corrected chi connectivity index (χ0v) is 10.5. The fourth-order valence-corrected chi connectivity index (χ4v) is 1.28. The molecule has 0 aliphatic carbocycles. The molecule has 0 heterocycles. The van der Waals surface area contributed by atoms with E-state index in [2.05, 4.69) is 5.32 Å². The van der Waals surface area contributed by atoms with E-state index in [0.29, 0.717) is 0 Å². The van der Waals surface area contributed by atoms with Crippen LogP contribution in [0.25, 0.3) is 0 Å². The van der Waals surface area contributed by atoms with Gasteiger partial charge in [0.15, 0.2) is 0 Å². The second-order valence-corrected chi connectivity index (χ2v) is 3.95. The first-order valence-electron chi connectivity index (χ1n) is 5.95. The molecular formula is C12H20N2O4. The van der Waals surface area contributed by atoms with Gasteiger partial charge in [0, 0.05) is 6.42 Å². The number of carbonyl (C=O) groups excluding carboxylic acids is 2. The molecule has 0 aliphatic heterocycles. The van der Waals surface area contributed by atoms with Crippen LogP contribution in [0.1, 0.15) is 39.0 Å². The number of aliphatic carboxylic acids is 1. The topological polar surface area (TPSA) is 109 Å². The maximum atomic E-state index is 11.4. The number of amides is 2. The first kappa shape index (κ1) is 16.1. The normalized spacial score (nSPS) is 12.3. The number of nitrogens with one attached hydrogen (secondary N) is 1. The molecule has 1 atom stereocenters. The molecule has 0 aromatic heterocycles. The Hall–Kier alpha value is -1.85. The van der Waals surface area contributed by atoms with Crippen molar-refractivity contribution in [3.05, 3.63) is 12.2 Å². The summed E-state index contributed by atoms with van der Waals surface area (Å²) in [6.07, 6.45) is 5.73. The molecule has 0 saturated carbocycles. The van der Waals surface area contributed by atoms with E-state index in [9.17, 15) is 14.4 Å². The van der Waals surface area contributed by atoms with Crippen LogP contribution in [0.5, 0.6) is 0 Å². The molecule has 1 unspecified atom stereocenters. The van der Waals surface area contributed by atoms with Crippen molar-refractivity contribution in [3.8, 4) is 0 Å². The van der Waals surface area contributed by atoms with Crippen molar-refractivity contribution in [1.29, 1.82) is 0 Å². The molecule has 0 spiro atoms. The largest absolute Gasteiger partial charge is 0.480 e. The molecule has 0 aliphatic rings. The Morgan fingerprint density at radius 2 is 2.06 bits per heavy atom. The number of allylic oxidation sites excluding steroid dienone is 1. The fraction of sp³-hybridized carbons (Fsp3) is 0.583. The predicted octanol–water partition coefficient (Wildman–Crippen LogP) is 0.568. The third-order valence-electron chi connectivity index (χ3n) is 2.29. The average molecular weight is 256 g/mol. The van der Waals surface area contributed by atoms with Crippen LogP contribution < -0.4 is 11.1 Å². The predicted molar refractivity (Wildman–Crippen MR) is 66.7 cm³/mol. The SMILES string of the molecule is CCCC/C=C/C(=O)NC(CCC(N)=O)C(=O)O. The minimum atomic E-state index is -1.17. The number of rotatable bonds is 9. The molecule has 6 heteroatoms. The Kier molecular flexibility index (Phi) is 8.26. The Morgan fingerprint density at radius 1 is 1.39 bits per heavy atom. The molecule has 0 rings (SSSR count). The van der Waals surface area contributed by atoms with Gasteiger partial charge in [0.1, 0.15) is 6.04 Å². The Bertz CT molecular complexity index is 326. The Morgan fingerprint density at radius 3 is 2.56 bits per heavy atom. The summed E-state index contributed by atoms with van der Waals surface area (Å²) in [5, 5.41) is 11.2. The van der Waals surface area contributed by atoms with Crippen molar-refractivity contribution in [2.45, 2.75) is 45.1 Å². The third-order valence-corrected chi connectivity index (χ3v) is 2.29. The van der Waals surface area contributed by atoms with Gasteiger partial charge in [-0.25, -0.2) is 4.79 Å². The van der Waals surface area contributed by atoms with Crippen LogP contribution in [0.4, 0.5) is 0 Å². The molecule has 4 N–H and O–H groups in total. The first-order valence-corrected chi connectivity index (χ1v) is 5.95. The lowest BCUT2D eigenvalue weighted by molar-refractivity contribution is -0.141. The van der Waals surface area contributed by atoms with Gasteiger partial charge in [-0.15, -0.1) is 0 Å². The van der Waals surface area contributed by atoms with E-state index in [1.165, 1.54) is 6.08 Å². The smallest absolute Gasteiger partial charge is 0.326 e. The summed E-state index contributed by atoms with van der Waals surface area (Å²) in [6, 6.07) is -1.08. The van der Waals surface area contributed by atoms with Gasteiger partial charge in [0.2, 0.25) is 11.8 Å². The van der Waals surface area contributed by atoms with Gasteiger partial charge in [-0.1, -0.05) is 25.8 Å². The van der Waals surface area contributed by atoms with E-state index in [-0.39, 0.29) is 12.8 Å². The van der Waals surface area contributed by atoms with E-state index in [0.717, 1.165) is 19.3 Å². The highest BCUT2D eigenvalue weighted by molar-refractivity contribution is 5.91. The molecule has 0 aromatic rings.